The third kappa shape index (κ3) is 11.5. The van der Waals surface area contributed by atoms with Gasteiger partial charge >= 0.3 is 0 Å². The van der Waals surface area contributed by atoms with Crippen LogP contribution in [0.25, 0.3) is 0 Å². The van der Waals surface area contributed by atoms with Gasteiger partial charge in [0.1, 0.15) is 0 Å². The van der Waals surface area contributed by atoms with Crippen LogP contribution in [0.2, 0.25) is 0 Å². The summed E-state index contributed by atoms with van der Waals surface area (Å²) in [5.41, 5.74) is 0. The highest BCUT2D eigenvalue weighted by molar-refractivity contribution is 7.63. The SMILES string of the molecule is C=P(/N=C1\N(C)CCN1CCCCCCCCCCCCCCCC)(OC)OC. The molecular formula is C23H48N3O2P. The first-order chi connectivity index (χ1) is 14.1. The van der Waals surface area contributed by atoms with Crippen molar-refractivity contribution in [1.29, 1.82) is 0 Å². The largest absolute Gasteiger partial charge is 0.344 e. The lowest BCUT2D eigenvalue weighted by atomic mass is 10.0. The predicted molar refractivity (Wildman–Crippen MR) is 130 cm³/mol. The Hall–Kier alpha value is -0.510. The maximum Gasteiger partial charge on any atom is 0.236 e. The molecule has 1 aliphatic heterocycles. The number of nitrogens with zero attached hydrogens (tertiary/aromatic N) is 3. The third-order valence-electron chi connectivity index (χ3n) is 5.92. The fraction of sp³-hybridized carbons (Fsp3) is 0.913. The summed E-state index contributed by atoms with van der Waals surface area (Å²) in [7, 11) is 2.96. The summed E-state index contributed by atoms with van der Waals surface area (Å²) >= 11 is 0. The second kappa shape index (κ2) is 16.2. The van der Waals surface area contributed by atoms with E-state index in [4.69, 9.17) is 13.8 Å². The second-order valence-electron chi connectivity index (χ2n) is 8.41. The highest BCUT2D eigenvalue weighted by atomic mass is 31.2. The molecule has 0 aliphatic carbocycles. The molecule has 0 aromatic carbocycles. The van der Waals surface area contributed by atoms with Gasteiger partial charge in [-0.15, -0.1) is 0 Å². The molecule has 1 rings (SSSR count). The molecule has 0 unspecified atom stereocenters. The van der Waals surface area contributed by atoms with Crippen LogP contribution in [-0.4, -0.2) is 63.0 Å². The van der Waals surface area contributed by atoms with E-state index >= 15 is 0 Å². The first kappa shape index (κ1) is 26.5. The number of hydrogen-bond donors (Lipinski definition) is 0. The van der Waals surface area contributed by atoms with Gasteiger partial charge in [-0.3, -0.25) is 0 Å². The third-order valence-corrected chi connectivity index (χ3v) is 7.55. The number of hydrogen-bond acceptors (Lipinski definition) is 3. The summed E-state index contributed by atoms with van der Waals surface area (Å²) in [6.07, 6.45) is 23.6. The molecule has 0 bridgehead atoms. The van der Waals surface area contributed by atoms with Gasteiger partial charge in [-0.1, -0.05) is 90.4 Å². The predicted octanol–water partition coefficient (Wildman–Crippen LogP) is 6.56. The normalized spacial score (nSPS) is 16.3. The number of rotatable bonds is 18. The molecule has 0 N–H and O–H groups in total. The van der Waals surface area contributed by atoms with E-state index in [-0.39, 0.29) is 0 Å². The van der Waals surface area contributed by atoms with Gasteiger partial charge < -0.3 is 18.8 Å². The Morgan fingerprint density at radius 1 is 0.793 bits per heavy atom. The van der Waals surface area contributed by atoms with Gasteiger partial charge in [-0.05, 0) is 12.7 Å². The molecule has 5 nitrogen and oxygen atoms in total. The molecule has 0 amide bonds. The van der Waals surface area contributed by atoms with Gasteiger partial charge in [0.25, 0.3) is 0 Å². The van der Waals surface area contributed by atoms with Crippen LogP contribution in [0.4, 0.5) is 0 Å². The van der Waals surface area contributed by atoms with Crippen molar-refractivity contribution in [2.24, 2.45) is 4.76 Å². The Bertz CT molecular complexity index is 477. The number of likely N-dealkylation sites (N-methyl/N-ethyl adjacent to an activating group) is 1. The summed E-state index contributed by atoms with van der Waals surface area (Å²) in [6.45, 7) is 5.39. The van der Waals surface area contributed by atoms with Crippen molar-refractivity contribution in [3.05, 3.63) is 0 Å². The van der Waals surface area contributed by atoms with Gasteiger partial charge in [0.05, 0.1) is 0 Å². The molecule has 0 atom stereocenters. The van der Waals surface area contributed by atoms with Crippen molar-refractivity contribution in [2.45, 2.75) is 96.8 Å². The monoisotopic (exact) mass is 429 g/mol. The van der Waals surface area contributed by atoms with Crippen molar-refractivity contribution in [3.8, 4) is 0 Å². The molecule has 1 aliphatic rings. The molecule has 6 heteroatoms. The lowest BCUT2D eigenvalue weighted by Crippen LogP contribution is -2.32. The standard InChI is InChI=1S/C23H48N3O2P/c1-6-7-8-9-10-11-12-13-14-15-16-17-18-19-20-26-22-21-25(2)23(26)24-29(5,27-3)28-4/h5-22H2,1-4H3/b24-23+. The molecule has 1 heterocycles. The minimum atomic E-state index is -2.37. The summed E-state index contributed by atoms with van der Waals surface area (Å²) in [5.74, 6) is 0.978. The molecule has 0 spiro atoms. The van der Waals surface area contributed by atoms with E-state index in [1.54, 1.807) is 14.2 Å². The van der Waals surface area contributed by atoms with E-state index in [9.17, 15) is 0 Å². The zero-order valence-electron chi connectivity index (χ0n) is 19.8. The minimum absolute atomic E-state index is 0.978. The fourth-order valence-corrected chi connectivity index (χ4v) is 4.72. The van der Waals surface area contributed by atoms with Crippen molar-refractivity contribution < 1.29 is 9.05 Å². The Balaban J connectivity index is 2.06. The van der Waals surface area contributed by atoms with Crippen molar-refractivity contribution >= 4 is 19.7 Å². The van der Waals surface area contributed by atoms with Crippen molar-refractivity contribution in [1.82, 2.24) is 9.80 Å². The Kier molecular flexibility index (Phi) is 14.8. The Morgan fingerprint density at radius 3 is 1.69 bits per heavy atom. The quantitative estimate of drug-likeness (QED) is 0.183. The van der Waals surface area contributed by atoms with Crippen LogP contribution in [-0.2, 0) is 9.05 Å². The zero-order valence-corrected chi connectivity index (χ0v) is 20.7. The maximum absolute atomic E-state index is 5.41. The van der Waals surface area contributed by atoms with E-state index in [2.05, 4.69) is 30.1 Å². The van der Waals surface area contributed by atoms with Crippen LogP contribution < -0.4 is 0 Å². The maximum atomic E-state index is 5.41. The van der Waals surface area contributed by atoms with Crippen molar-refractivity contribution in [3.63, 3.8) is 0 Å². The van der Waals surface area contributed by atoms with Gasteiger partial charge in [-0.25, -0.2) is 0 Å². The first-order valence-corrected chi connectivity index (χ1v) is 13.7. The second-order valence-corrected chi connectivity index (χ2v) is 10.6. The average Bonchev–Trinajstić information content (AvgIpc) is 3.07. The Labute approximate surface area is 181 Å². The van der Waals surface area contributed by atoms with Crippen LogP contribution >= 0.6 is 7.49 Å². The summed E-state index contributed by atoms with van der Waals surface area (Å²) in [6, 6.07) is 0. The molecule has 0 saturated carbocycles. The molecule has 0 radical (unpaired) electrons. The molecule has 1 fully saturated rings. The molecule has 0 aromatic rings. The summed E-state index contributed by atoms with van der Waals surface area (Å²) in [5, 5.41) is 0. The van der Waals surface area contributed by atoms with E-state index < -0.39 is 7.49 Å². The smallest absolute Gasteiger partial charge is 0.236 e. The fourth-order valence-electron chi connectivity index (χ4n) is 3.85. The zero-order chi connectivity index (χ0) is 21.4. The number of guanidine groups is 1. The first-order valence-electron chi connectivity index (χ1n) is 12.0. The molecule has 29 heavy (non-hydrogen) atoms. The van der Waals surface area contributed by atoms with Gasteiger partial charge in [0, 0.05) is 40.9 Å². The lowest BCUT2D eigenvalue weighted by molar-refractivity contribution is 0.335. The highest BCUT2D eigenvalue weighted by Gasteiger charge is 2.25. The minimum Gasteiger partial charge on any atom is -0.344 e. The highest BCUT2D eigenvalue weighted by Crippen LogP contribution is 2.48. The van der Waals surface area contributed by atoms with E-state index in [0.717, 1.165) is 25.6 Å². The van der Waals surface area contributed by atoms with E-state index in [1.807, 2.05) is 0 Å². The van der Waals surface area contributed by atoms with Crippen molar-refractivity contribution in [2.75, 3.05) is 40.9 Å². The van der Waals surface area contributed by atoms with E-state index in [1.165, 1.54) is 89.9 Å². The topological polar surface area (TPSA) is 37.3 Å². The molecule has 0 aromatic heterocycles. The molecule has 1 saturated heterocycles. The summed E-state index contributed by atoms with van der Waals surface area (Å²) in [4.78, 5) is 4.54. The Morgan fingerprint density at radius 2 is 1.24 bits per heavy atom. The van der Waals surface area contributed by atoms with Gasteiger partial charge in [-0.2, -0.15) is 4.76 Å². The van der Waals surface area contributed by atoms with Gasteiger partial charge in [0.2, 0.25) is 13.5 Å². The average molecular weight is 430 g/mol. The van der Waals surface area contributed by atoms with Crippen LogP contribution in [0, 0.1) is 0 Å². The number of unbranched alkanes of at least 4 members (excludes halogenated alkanes) is 13. The van der Waals surface area contributed by atoms with Crippen LogP contribution in [0.15, 0.2) is 4.76 Å². The van der Waals surface area contributed by atoms with Crippen LogP contribution in [0.1, 0.15) is 96.8 Å². The molecule has 172 valence electrons. The van der Waals surface area contributed by atoms with Crippen LogP contribution in [0.5, 0.6) is 0 Å². The van der Waals surface area contributed by atoms with Crippen LogP contribution in [0.3, 0.4) is 0 Å². The van der Waals surface area contributed by atoms with Gasteiger partial charge in [0.15, 0.2) is 0 Å². The van der Waals surface area contributed by atoms with E-state index in [0.29, 0.717) is 0 Å². The lowest BCUT2D eigenvalue weighted by Gasteiger charge is -2.24. The molecular weight excluding hydrogens is 381 g/mol. The summed E-state index contributed by atoms with van der Waals surface area (Å²) < 4.78 is 15.5.